The molecule has 2 rings (SSSR count). The first kappa shape index (κ1) is 9.64. The van der Waals surface area contributed by atoms with Crippen molar-refractivity contribution in [3.63, 3.8) is 0 Å². The second-order valence-corrected chi connectivity index (χ2v) is 3.30. The maximum Gasteiger partial charge on any atom is 0.318 e. The highest BCUT2D eigenvalue weighted by atomic mass is 16.5. The minimum atomic E-state index is -0.870. The average Bonchev–Trinajstić information content (AvgIpc) is 2.57. The molecule has 0 aliphatic carbocycles. The highest BCUT2D eigenvalue weighted by molar-refractivity contribution is 6.09. The molecule has 0 fully saturated rings. The van der Waals surface area contributed by atoms with Crippen molar-refractivity contribution in [1.29, 1.82) is 0 Å². The Labute approximate surface area is 85.3 Å². The van der Waals surface area contributed by atoms with Gasteiger partial charge in [0.15, 0.2) is 5.78 Å². The molecule has 5 nitrogen and oxygen atoms in total. The molecule has 0 saturated heterocycles. The van der Waals surface area contributed by atoms with Crippen LogP contribution in [-0.2, 0) is 16.1 Å². The van der Waals surface area contributed by atoms with Gasteiger partial charge in [-0.3, -0.25) is 14.4 Å². The monoisotopic (exact) mass is 207 g/mol. The summed E-state index contributed by atoms with van der Waals surface area (Å²) in [5.74, 6) is -1.81. The number of esters is 1. The lowest BCUT2D eigenvalue weighted by atomic mass is 10.1. The number of Topliss-reactive ketones (excluding diaryl/α,β-unsaturated/α-hetero) is 1. The molecule has 0 spiro atoms. The van der Waals surface area contributed by atoms with Crippen LogP contribution in [0.1, 0.15) is 10.5 Å². The largest absolute Gasteiger partial charge is 0.468 e. The first-order valence-corrected chi connectivity index (χ1v) is 4.47. The number of hydrogen-bond donors (Lipinski definition) is 0. The second kappa shape index (κ2) is 3.34. The van der Waals surface area contributed by atoms with Crippen LogP contribution in [0.3, 0.4) is 0 Å². The van der Waals surface area contributed by atoms with Crippen LogP contribution < -0.4 is 5.56 Å². The smallest absolute Gasteiger partial charge is 0.318 e. The van der Waals surface area contributed by atoms with Crippen LogP contribution in [0, 0.1) is 5.92 Å². The third-order valence-corrected chi connectivity index (χ3v) is 2.47. The number of methoxy groups -OCH3 is 1. The van der Waals surface area contributed by atoms with Gasteiger partial charge in [0.05, 0.1) is 12.8 Å². The van der Waals surface area contributed by atoms with Crippen molar-refractivity contribution in [3.8, 4) is 0 Å². The fourth-order valence-corrected chi connectivity index (χ4v) is 1.69. The summed E-state index contributed by atoms with van der Waals surface area (Å²) in [5.41, 5.74) is 0.00477. The van der Waals surface area contributed by atoms with E-state index in [0.717, 1.165) is 0 Å². The van der Waals surface area contributed by atoms with Crippen LogP contribution in [0.2, 0.25) is 0 Å². The van der Waals surface area contributed by atoms with Crippen LogP contribution in [0.25, 0.3) is 0 Å². The number of carbonyl (C=O) groups excluding carboxylic acids is 2. The fraction of sp³-hybridized carbons (Fsp3) is 0.300. The third-order valence-electron chi connectivity index (χ3n) is 2.47. The molecule has 1 aromatic rings. The van der Waals surface area contributed by atoms with Gasteiger partial charge < -0.3 is 9.30 Å². The number of pyridine rings is 1. The van der Waals surface area contributed by atoms with Gasteiger partial charge in [0.1, 0.15) is 5.92 Å². The molecular formula is C10H9NO4. The highest BCUT2D eigenvalue weighted by Crippen LogP contribution is 2.19. The molecule has 1 aromatic heterocycles. The zero-order valence-electron chi connectivity index (χ0n) is 8.10. The van der Waals surface area contributed by atoms with Gasteiger partial charge in [0.2, 0.25) is 0 Å². The zero-order chi connectivity index (χ0) is 11.0. The number of rotatable bonds is 1. The van der Waals surface area contributed by atoms with Crippen molar-refractivity contribution in [2.24, 2.45) is 5.92 Å². The zero-order valence-corrected chi connectivity index (χ0v) is 8.10. The Bertz CT molecular complexity index is 488. The summed E-state index contributed by atoms with van der Waals surface area (Å²) in [6.07, 6.45) is 0. The molecule has 1 aliphatic rings. The van der Waals surface area contributed by atoms with E-state index < -0.39 is 11.9 Å². The normalized spacial score (nSPS) is 18.7. The number of aromatic nitrogens is 1. The van der Waals surface area contributed by atoms with E-state index in [1.165, 1.54) is 29.9 Å². The van der Waals surface area contributed by atoms with Gasteiger partial charge in [-0.2, -0.15) is 0 Å². The van der Waals surface area contributed by atoms with E-state index in [2.05, 4.69) is 4.74 Å². The topological polar surface area (TPSA) is 65.4 Å². The van der Waals surface area contributed by atoms with Crippen molar-refractivity contribution in [1.82, 2.24) is 4.57 Å². The van der Waals surface area contributed by atoms with E-state index in [0.29, 0.717) is 0 Å². The lowest BCUT2D eigenvalue weighted by Gasteiger charge is -2.02. The van der Waals surface area contributed by atoms with Crippen LogP contribution in [-0.4, -0.2) is 23.4 Å². The van der Waals surface area contributed by atoms with Crippen molar-refractivity contribution >= 4 is 11.8 Å². The molecule has 1 atom stereocenters. The van der Waals surface area contributed by atoms with Crippen molar-refractivity contribution in [2.45, 2.75) is 6.54 Å². The molecule has 0 amide bonds. The summed E-state index contributed by atoms with van der Waals surface area (Å²) in [4.78, 5) is 34.3. The first-order chi connectivity index (χ1) is 7.15. The Morgan fingerprint density at radius 2 is 2.20 bits per heavy atom. The minimum Gasteiger partial charge on any atom is -0.468 e. The van der Waals surface area contributed by atoms with E-state index in [1.807, 2.05) is 0 Å². The Morgan fingerprint density at radius 3 is 2.80 bits per heavy atom. The standard InChI is InChI=1S/C10H9NO4/c1-15-10(14)6-5-11-7(9(6)13)3-2-4-8(11)12/h2-4,6H,5H2,1H3. The number of hydrogen-bond acceptors (Lipinski definition) is 4. The van der Waals surface area contributed by atoms with Gasteiger partial charge in [-0.15, -0.1) is 0 Å². The van der Waals surface area contributed by atoms with E-state index in [1.54, 1.807) is 0 Å². The van der Waals surface area contributed by atoms with Gasteiger partial charge >= 0.3 is 5.97 Å². The number of ketones is 1. The second-order valence-electron chi connectivity index (χ2n) is 3.30. The Kier molecular flexibility index (Phi) is 2.15. The van der Waals surface area contributed by atoms with Crippen LogP contribution in [0.15, 0.2) is 23.0 Å². The maximum absolute atomic E-state index is 11.7. The lowest BCUT2D eigenvalue weighted by Crippen LogP contribution is -2.23. The maximum atomic E-state index is 11.7. The molecule has 0 saturated carbocycles. The molecule has 0 bridgehead atoms. The summed E-state index contributed by atoms with van der Waals surface area (Å²) < 4.78 is 5.80. The summed E-state index contributed by atoms with van der Waals surface area (Å²) in [6.45, 7) is 0.0838. The van der Waals surface area contributed by atoms with Gasteiger partial charge in [-0.1, -0.05) is 6.07 Å². The predicted molar refractivity (Wildman–Crippen MR) is 50.5 cm³/mol. The van der Waals surface area contributed by atoms with Crippen molar-refractivity contribution < 1.29 is 14.3 Å². The fourth-order valence-electron chi connectivity index (χ4n) is 1.69. The molecule has 1 aliphatic heterocycles. The number of fused-ring (bicyclic) bond motifs is 1. The predicted octanol–water partition coefficient (Wildman–Crippen LogP) is -0.166. The molecule has 5 heteroatoms. The first-order valence-electron chi connectivity index (χ1n) is 4.47. The number of ether oxygens (including phenoxy) is 1. The van der Waals surface area contributed by atoms with Gasteiger partial charge in [-0.25, -0.2) is 0 Å². The molecule has 15 heavy (non-hydrogen) atoms. The van der Waals surface area contributed by atoms with Crippen molar-refractivity contribution in [2.75, 3.05) is 7.11 Å². The van der Waals surface area contributed by atoms with E-state index in [4.69, 9.17) is 0 Å². The summed E-state index contributed by atoms with van der Waals surface area (Å²) in [6, 6.07) is 4.40. The molecule has 1 unspecified atom stereocenters. The van der Waals surface area contributed by atoms with Gasteiger partial charge in [-0.05, 0) is 6.07 Å². The Balaban J connectivity index is 2.46. The summed E-state index contributed by atoms with van der Waals surface area (Å²) >= 11 is 0. The van der Waals surface area contributed by atoms with E-state index in [9.17, 15) is 14.4 Å². The minimum absolute atomic E-state index is 0.0838. The Morgan fingerprint density at radius 1 is 1.47 bits per heavy atom. The van der Waals surface area contributed by atoms with Crippen molar-refractivity contribution in [3.05, 3.63) is 34.2 Å². The van der Waals surface area contributed by atoms with Crippen LogP contribution >= 0.6 is 0 Å². The molecule has 2 heterocycles. The number of nitrogens with zero attached hydrogens (tertiary/aromatic N) is 1. The molecule has 0 aromatic carbocycles. The molecule has 78 valence electrons. The highest BCUT2D eigenvalue weighted by Gasteiger charge is 2.36. The molecule has 0 radical (unpaired) electrons. The SMILES string of the molecule is COC(=O)C1Cn2c(cccc2=O)C1=O. The van der Waals surface area contributed by atoms with E-state index in [-0.39, 0.29) is 23.6 Å². The van der Waals surface area contributed by atoms with E-state index >= 15 is 0 Å². The Hall–Kier alpha value is -1.91. The molecule has 0 N–H and O–H groups in total. The third kappa shape index (κ3) is 1.36. The lowest BCUT2D eigenvalue weighted by molar-refractivity contribution is -0.143. The quantitative estimate of drug-likeness (QED) is 0.474. The summed E-state index contributed by atoms with van der Waals surface area (Å²) in [7, 11) is 1.22. The molecular weight excluding hydrogens is 198 g/mol. The summed E-state index contributed by atoms with van der Waals surface area (Å²) in [5, 5.41) is 0. The van der Waals surface area contributed by atoms with Gasteiger partial charge in [0, 0.05) is 12.6 Å². The van der Waals surface area contributed by atoms with Crippen LogP contribution in [0.5, 0.6) is 0 Å². The van der Waals surface area contributed by atoms with Crippen LogP contribution in [0.4, 0.5) is 0 Å². The number of carbonyl (C=O) groups is 2. The van der Waals surface area contributed by atoms with Gasteiger partial charge in [0.25, 0.3) is 5.56 Å². The average molecular weight is 207 g/mol.